The van der Waals surface area contributed by atoms with Crippen molar-refractivity contribution in [2.75, 3.05) is 13.2 Å². The van der Waals surface area contributed by atoms with Gasteiger partial charge in [-0.1, -0.05) is 0 Å². The van der Waals surface area contributed by atoms with Crippen LogP contribution in [0, 0.1) is 31.0 Å². The predicted molar refractivity (Wildman–Crippen MR) is 92.4 cm³/mol. The number of nitriles is 1. The standard InChI is InChI=1S/C19H22FN3O3/c1-13-19(26-17-10-15(12-21)9-16(20)11-17)14(2)23(22-13)6-8-25-18-5-3-4-7-24-18/h9-11,18H,3-8H2,1-2H3. The third kappa shape index (κ3) is 4.40. The molecule has 2 aromatic rings. The molecule has 2 heterocycles. The van der Waals surface area contributed by atoms with Crippen LogP contribution in [0.15, 0.2) is 18.2 Å². The number of hydrogen-bond donors (Lipinski definition) is 0. The van der Waals surface area contributed by atoms with Crippen LogP contribution < -0.4 is 4.74 Å². The van der Waals surface area contributed by atoms with Crippen LogP contribution in [0.3, 0.4) is 0 Å². The minimum atomic E-state index is -0.511. The topological polar surface area (TPSA) is 69.3 Å². The lowest BCUT2D eigenvalue weighted by molar-refractivity contribution is -0.163. The Morgan fingerprint density at radius 3 is 2.92 bits per heavy atom. The molecule has 0 amide bonds. The molecule has 3 rings (SSSR count). The lowest BCUT2D eigenvalue weighted by atomic mass is 10.2. The van der Waals surface area contributed by atoms with Gasteiger partial charge >= 0.3 is 0 Å². The number of nitrogens with zero attached hydrogens (tertiary/aromatic N) is 3. The highest BCUT2D eigenvalue weighted by atomic mass is 19.1. The van der Waals surface area contributed by atoms with Crippen molar-refractivity contribution in [2.24, 2.45) is 0 Å². The quantitative estimate of drug-likeness (QED) is 0.784. The Balaban J connectivity index is 1.66. The van der Waals surface area contributed by atoms with Crippen molar-refractivity contribution in [2.45, 2.75) is 45.9 Å². The molecular formula is C19H22FN3O3. The first-order valence-corrected chi connectivity index (χ1v) is 8.72. The van der Waals surface area contributed by atoms with E-state index < -0.39 is 5.82 Å². The first kappa shape index (κ1) is 18.4. The lowest BCUT2D eigenvalue weighted by Gasteiger charge is -2.22. The van der Waals surface area contributed by atoms with Gasteiger partial charge in [0.1, 0.15) is 17.3 Å². The summed E-state index contributed by atoms with van der Waals surface area (Å²) in [5, 5.41) is 13.4. The smallest absolute Gasteiger partial charge is 0.171 e. The maximum Gasteiger partial charge on any atom is 0.171 e. The highest BCUT2D eigenvalue weighted by Gasteiger charge is 2.17. The fourth-order valence-corrected chi connectivity index (χ4v) is 2.96. The van der Waals surface area contributed by atoms with Gasteiger partial charge in [0, 0.05) is 12.7 Å². The van der Waals surface area contributed by atoms with Gasteiger partial charge in [-0.2, -0.15) is 10.4 Å². The van der Waals surface area contributed by atoms with Gasteiger partial charge in [0.2, 0.25) is 0 Å². The average molecular weight is 359 g/mol. The zero-order valence-corrected chi connectivity index (χ0v) is 15.0. The second-order valence-electron chi connectivity index (χ2n) is 6.28. The van der Waals surface area contributed by atoms with E-state index >= 15 is 0 Å². The van der Waals surface area contributed by atoms with Gasteiger partial charge < -0.3 is 14.2 Å². The van der Waals surface area contributed by atoms with Crippen LogP contribution in [0.2, 0.25) is 0 Å². The molecule has 0 saturated carbocycles. The van der Waals surface area contributed by atoms with Gasteiger partial charge in [0.05, 0.1) is 30.5 Å². The van der Waals surface area contributed by atoms with E-state index in [1.807, 2.05) is 19.9 Å². The normalized spacial score (nSPS) is 17.1. The summed E-state index contributed by atoms with van der Waals surface area (Å²) in [7, 11) is 0. The van der Waals surface area contributed by atoms with E-state index in [2.05, 4.69) is 5.10 Å². The van der Waals surface area contributed by atoms with E-state index in [4.69, 9.17) is 19.5 Å². The molecule has 0 radical (unpaired) electrons. The average Bonchev–Trinajstić information content (AvgIpc) is 2.90. The van der Waals surface area contributed by atoms with Crippen LogP contribution >= 0.6 is 0 Å². The number of ether oxygens (including phenoxy) is 3. The van der Waals surface area contributed by atoms with E-state index in [1.165, 1.54) is 18.2 Å². The Morgan fingerprint density at radius 2 is 2.19 bits per heavy atom. The Morgan fingerprint density at radius 1 is 1.35 bits per heavy atom. The van der Waals surface area contributed by atoms with Crippen LogP contribution in [0.4, 0.5) is 4.39 Å². The van der Waals surface area contributed by atoms with Crippen molar-refractivity contribution < 1.29 is 18.6 Å². The summed E-state index contributed by atoms with van der Waals surface area (Å²) in [4.78, 5) is 0. The van der Waals surface area contributed by atoms with Crippen molar-refractivity contribution in [3.05, 3.63) is 41.0 Å². The monoisotopic (exact) mass is 359 g/mol. The van der Waals surface area contributed by atoms with Crippen LogP contribution in [0.5, 0.6) is 11.5 Å². The largest absolute Gasteiger partial charge is 0.453 e. The van der Waals surface area contributed by atoms with E-state index in [-0.39, 0.29) is 17.6 Å². The van der Waals surface area contributed by atoms with Gasteiger partial charge in [-0.05, 0) is 45.2 Å². The van der Waals surface area contributed by atoms with Gasteiger partial charge in [-0.25, -0.2) is 4.39 Å². The van der Waals surface area contributed by atoms with E-state index in [1.54, 1.807) is 4.68 Å². The van der Waals surface area contributed by atoms with Crippen molar-refractivity contribution in [3.8, 4) is 17.6 Å². The first-order chi connectivity index (χ1) is 12.6. The van der Waals surface area contributed by atoms with E-state index in [0.29, 0.717) is 24.6 Å². The molecule has 0 bridgehead atoms. The highest BCUT2D eigenvalue weighted by molar-refractivity contribution is 5.42. The number of rotatable bonds is 6. The lowest BCUT2D eigenvalue weighted by Crippen LogP contribution is -2.24. The predicted octanol–water partition coefficient (Wildman–Crippen LogP) is 3.85. The number of halogens is 1. The van der Waals surface area contributed by atoms with E-state index in [0.717, 1.165) is 31.6 Å². The van der Waals surface area contributed by atoms with Crippen molar-refractivity contribution >= 4 is 0 Å². The minimum Gasteiger partial charge on any atom is -0.453 e. The van der Waals surface area contributed by atoms with Gasteiger partial charge in [0.15, 0.2) is 12.0 Å². The molecule has 138 valence electrons. The molecule has 1 aliphatic rings. The zero-order chi connectivity index (χ0) is 18.5. The summed E-state index contributed by atoms with van der Waals surface area (Å²) in [6.45, 7) is 5.53. The zero-order valence-electron chi connectivity index (χ0n) is 15.0. The molecule has 1 aliphatic heterocycles. The van der Waals surface area contributed by atoms with Crippen molar-refractivity contribution in [1.82, 2.24) is 9.78 Å². The Labute approximate surface area is 152 Å². The third-order valence-corrected chi connectivity index (χ3v) is 4.28. The van der Waals surface area contributed by atoms with Gasteiger partial charge in [-0.3, -0.25) is 4.68 Å². The van der Waals surface area contributed by atoms with Crippen molar-refractivity contribution in [1.29, 1.82) is 5.26 Å². The molecule has 7 heteroatoms. The second-order valence-corrected chi connectivity index (χ2v) is 6.28. The third-order valence-electron chi connectivity index (χ3n) is 4.28. The van der Waals surface area contributed by atoms with Gasteiger partial charge in [0.25, 0.3) is 0 Å². The summed E-state index contributed by atoms with van der Waals surface area (Å²) >= 11 is 0. The number of aromatic nitrogens is 2. The molecular weight excluding hydrogens is 337 g/mol. The van der Waals surface area contributed by atoms with Crippen LogP contribution in [-0.2, 0) is 16.0 Å². The Kier molecular flexibility index (Phi) is 5.86. The van der Waals surface area contributed by atoms with Gasteiger partial charge in [-0.15, -0.1) is 0 Å². The highest BCUT2D eigenvalue weighted by Crippen LogP contribution is 2.29. The molecule has 1 atom stereocenters. The van der Waals surface area contributed by atoms with Crippen LogP contribution in [0.1, 0.15) is 36.2 Å². The Hall–Kier alpha value is -2.43. The maximum atomic E-state index is 13.6. The number of benzene rings is 1. The number of hydrogen-bond acceptors (Lipinski definition) is 5. The fraction of sp³-hybridized carbons (Fsp3) is 0.474. The molecule has 1 fully saturated rings. The maximum absolute atomic E-state index is 13.6. The molecule has 0 N–H and O–H groups in total. The number of aryl methyl sites for hydroxylation is 1. The van der Waals surface area contributed by atoms with Crippen LogP contribution in [-0.4, -0.2) is 29.3 Å². The molecule has 6 nitrogen and oxygen atoms in total. The SMILES string of the molecule is Cc1nn(CCOC2CCCCO2)c(C)c1Oc1cc(F)cc(C#N)c1. The molecule has 1 aromatic heterocycles. The summed E-state index contributed by atoms with van der Waals surface area (Å²) in [5.74, 6) is 0.329. The molecule has 1 unspecified atom stereocenters. The summed E-state index contributed by atoms with van der Waals surface area (Å²) in [6.07, 6.45) is 3.01. The van der Waals surface area contributed by atoms with Crippen LogP contribution in [0.25, 0.3) is 0 Å². The summed E-state index contributed by atoms with van der Waals surface area (Å²) < 4.78 is 32.5. The fourth-order valence-electron chi connectivity index (χ4n) is 2.96. The molecule has 26 heavy (non-hydrogen) atoms. The van der Waals surface area contributed by atoms with Crippen molar-refractivity contribution in [3.63, 3.8) is 0 Å². The molecule has 0 aliphatic carbocycles. The molecule has 0 spiro atoms. The minimum absolute atomic E-state index is 0.131. The first-order valence-electron chi connectivity index (χ1n) is 8.72. The molecule has 1 saturated heterocycles. The molecule has 1 aromatic carbocycles. The Bertz CT molecular complexity index is 807. The second kappa shape index (κ2) is 8.30. The summed E-state index contributed by atoms with van der Waals surface area (Å²) in [5.41, 5.74) is 1.72. The summed E-state index contributed by atoms with van der Waals surface area (Å²) in [6, 6.07) is 5.84. The van der Waals surface area contributed by atoms with E-state index in [9.17, 15) is 4.39 Å².